The second-order valence-electron chi connectivity index (χ2n) is 8.28. The van der Waals surface area contributed by atoms with Crippen molar-refractivity contribution in [2.75, 3.05) is 12.4 Å². The number of aryl methyl sites for hydroxylation is 2. The van der Waals surface area contributed by atoms with Crippen molar-refractivity contribution >= 4 is 35.4 Å². The number of ether oxygens (including phenoxy) is 1. The van der Waals surface area contributed by atoms with Crippen LogP contribution in [0.5, 0.6) is 0 Å². The number of aromatic nitrogens is 1. The summed E-state index contributed by atoms with van der Waals surface area (Å²) in [4.78, 5) is 25.5. The van der Waals surface area contributed by atoms with Crippen molar-refractivity contribution in [2.24, 2.45) is 0 Å². The van der Waals surface area contributed by atoms with E-state index in [-0.39, 0.29) is 17.4 Å². The van der Waals surface area contributed by atoms with Gasteiger partial charge in [-0.25, -0.2) is 4.79 Å². The van der Waals surface area contributed by atoms with E-state index in [0.717, 1.165) is 40.3 Å². The van der Waals surface area contributed by atoms with Gasteiger partial charge in [-0.2, -0.15) is 0 Å². The molecule has 34 heavy (non-hydrogen) atoms. The number of esters is 1. The van der Waals surface area contributed by atoms with E-state index >= 15 is 0 Å². The summed E-state index contributed by atoms with van der Waals surface area (Å²) < 4.78 is 7.04. The lowest BCUT2D eigenvalue weighted by atomic mass is 10.1. The highest BCUT2D eigenvalue weighted by molar-refractivity contribution is 8.05. The zero-order valence-corrected chi connectivity index (χ0v) is 20.9. The van der Waals surface area contributed by atoms with E-state index in [1.807, 2.05) is 51.1 Å². The maximum absolute atomic E-state index is 12.7. The van der Waals surface area contributed by atoms with E-state index in [4.69, 9.17) is 4.74 Å². The minimum Gasteiger partial charge on any atom is -0.465 e. The summed E-state index contributed by atoms with van der Waals surface area (Å²) in [6.45, 7) is 8.08. The highest BCUT2D eigenvalue weighted by atomic mass is 32.2. The quantitative estimate of drug-likeness (QED) is 0.371. The molecule has 3 aromatic rings. The van der Waals surface area contributed by atoms with Gasteiger partial charge in [0.2, 0.25) is 0 Å². The van der Waals surface area contributed by atoms with Crippen LogP contribution in [0.1, 0.15) is 45.4 Å². The lowest BCUT2D eigenvalue weighted by Gasteiger charge is -2.15. The molecular weight excluding hydrogens is 446 g/mol. The van der Waals surface area contributed by atoms with Crippen LogP contribution in [0.15, 0.2) is 53.4 Å². The molecule has 1 fully saturated rings. The van der Waals surface area contributed by atoms with Crippen LogP contribution in [0.3, 0.4) is 0 Å². The van der Waals surface area contributed by atoms with Gasteiger partial charge >= 0.3 is 5.97 Å². The van der Waals surface area contributed by atoms with Gasteiger partial charge in [-0.1, -0.05) is 36.9 Å². The molecule has 1 amide bonds. The Hall–Kier alpha value is -3.45. The minimum absolute atomic E-state index is 0.0960. The lowest BCUT2D eigenvalue weighted by molar-refractivity contribution is -0.116. The van der Waals surface area contributed by atoms with Gasteiger partial charge in [0.15, 0.2) is 5.50 Å². The molecular formula is C27H29N3O3S. The molecule has 2 aromatic carbocycles. The maximum atomic E-state index is 12.7. The molecule has 0 bridgehead atoms. The lowest BCUT2D eigenvalue weighted by Crippen LogP contribution is -2.30. The molecule has 0 unspecified atom stereocenters. The van der Waals surface area contributed by atoms with E-state index in [1.54, 1.807) is 6.07 Å². The molecule has 6 nitrogen and oxygen atoms in total. The number of thioether (sulfide) groups is 1. The summed E-state index contributed by atoms with van der Waals surface area (Å²) >= 11 is 1.47. The van der Waals surface area contributed by atoms with Crippen LogP contribution in [0.25, 0.3) is 11.8 Å². The summed E-state index contributed by atoms with van der Waals surface area (Å²) in [5.74, 6) is -0.451. The standard InChI is InChI=1S/C27H29N3O3S/c1-6-19-10-12-21(13-11-19)28-27-29-25(31)24(34-27)15-20-14-16(2)30(18(20)4)23-9-7-8-22(17(23)3)26(32)33-5/h7-15,27-28H,6H2,1-5H3,(H,29,31)/b24-15-/t27-/m1/s1. The molecule has 4 rings (SSSR count). The smallest absolute Gasteiger partial charge is 0.338 e. The van der Waals surface area contributed by atoms with E-state index in [1.165, 1.54) is 24.4 Å². The number of nitrogens with one attached hydrogen (secondary N) is 2. The summed E-state index contributed by atoms with van der Waals surface area (Å²) in [5, 5.41) is 6.36. The molecule has 1 aliphatic rings. The Labute approximate surface area is 204 Å². The zero-order valence-electron chi connectivity index (χ0n) is 20.1. The number of methoxy groups -OCH3 is 1. The van der Waals surface area contributed by atoms with Crippen LogP contribution >= 0.6 is 11.8 Å². The third-order valence-electron chi connectivity index (χ3n) is 6.10. The Kier molecular flexibility index (Phi) is 6.84. The first-order valence-electron chi connectivity index (χ1n) is 11.2. The Morgan fingerprint density at radius 2 is 1.91 bits per heavy atom. The summed E-state index contributed by atoms with van der Waals surface area (Å²) in [6, 6.07) is 15.9. The number of anilines is 1. The molecule has 7 heteroatoms. The number of hydrogen-bond acceptors (Lipinski definition) is 5. The van der Waals surface area contributed by atoms with Crippen molar-refractivity contribution in [1.82, 2.24) is 9.88 Å². The first-order chi connectivity index (χ1) is 16.3. The molecule has 1 aliphatic heterocycles. The number of hydrogen-bond donors (Lipinski definition) is 2. The van der Waals surface area contributed by atoms with Gasteiger partial charge in [0.25, 0.3) is 5.91 Å². The van der Waals surface area contributed by atoms with Crippen LogP contribution in [-0.2, 0) is 16.0 Å². The normalized spacial score (nSPS) is 16.6. The molecule has 2 N–H and O–H groups in total. The zero-order chi connectivity index (χ0) is 24.4. The fourth-order valence-corrected chi connectivity index (χ4v) is 5.17. The Morgan fingerprint density at radius 1 is 1.18 bits per heavy atom. The highest BCUT2D eigenvalue weighted by Gasteiger charge is 2.28. The number of rotatable bonds is 6. The maximum Gasteiger partial charge on any atom is 0.338 e. The van der Waals surface area contributed by atoms with E-state index < -0.39 is 0 Å². The predicted molar refractivity (Wildman–Crippen MR) is 138 cm³/mol. The summed E-state index contributed by atoms with van der Waals surface area (Å²) in [7, 11) is 1.39. The summed E-state index contributed by atoms with van der Waals surface area (Å²) in [6.07, 6.45) is 2.92. The van der Waals surface area contributed by atoms with Gasteiger partial charge < -0.3 is 19.9 Å². The molecule has 1 saturated heterocycles. The van der Waals surface area contributed by atoms with Crippen LogP contribution < -0.4 is 10.6 Å². The fourth-order valence-electron chi connectivity index (χ4n) is 4.20. The average molecular weight is 476 g/mol. The van der Waals surface area contributed by atoms with Gasteiger partial charge in [-0.15, -0.1) is 0 Å². The van der Waals surface area contributed by atoms with Crippen molar-refractivity contribution in [2.45, 2.75) is 39.6 Å². The Bertz CT molecular complexity index is 1280. The first-order valence-corrected chi connectivity index (χ1v) is 12.1. The molecule has 1 aromatic heterocycles. The Morgan fingerprint density at radius 3 is 2.59 bits per heavy atom. The van der Waals surface area contributed by atoms with E-state index in [2.05, 4.69) is 40.3 Å². The van der Waals surface area contributed by atoms with E-state index in [9.17, 15) is 9.59 Å². The largest absolute Gasteiger partial charge is 0.465 e. The van der Waals surface area contributed by atoms with Crippen molar-refractivity contribution < 1.29 is 14.3 Å². The van der Waals surface area contributed by atoms with Gasteiger partial charge in [0, 0.05) is 22.8 Å². The van der Waals surface area contributed by atoms with Gasteiger partial charge in [0.1, 0.15) is 0 Å². The van der Waals surface area contributed by atoms with Crippen molar-refractivity contribution in [3.05, 3.63) is 87.1 Å². The second kappa shape index (κ2) is 9.81. The predicted octanol–water partition coefficient (Wildman–Crippen LogP) is 5.35. The number of amides is 1. The van der Waals surface area contributed by atoms with E-state index in [0.29, 0.717) is 10.5 Å². The minimum atomic E-state index is -0.356. The monoisotopic (exact) mass is 475 g/mol. The average Bonchev–Trinajstić information content (AvgIpc) is 3.31. The van der Waals surface area contributed by atoms with Crippen molar-refractivity contribution in [3.8, 4) is 5.69 Å². The van der Waals surface area contributed by atoms with Gasteiger partial charge in [0.05, 0.1) is 17.6 Å². The highest BCUT2D eigenvalue weighted by Crippen LogP contribution is 2.33. The molecule has 0 spiro atoms. The third kappa shape index (κ3) is 4.61. The summed E-state index contributed by atoms with van der Waals surface area (Å²) in [5.41, 5.74) is 7.30. The molecule has 0 saturated carbocycles. The van der Waals surface area contributed by atoms with Gasteiger partial charge in [-0.05, 0) is 80.3 Å². The van der Waals surface area contributed by atoms with Crippen LogP contribution in [0.4, 0.5) is 5.69 Å². The first kappa shape index (κ1) is 23.7. The fraction of sp³-hybridized carbons (Fsp3) is 0.259. The molecule has 176 valence electrons. The van der Waals surface area contributed by atoms with Crippen LogP contribution in [0.2, 0.25) is 0 Å². The third-order valence-corrected chi connectivity index (χ3v) is 7.13. The number of nitrogens with zero attached hydrogens (tertiary/aromatic N) is 1. The molecule has 1 atom stereocenters. The van der Waals surface area contributed by atoms with Crippen molar-refractivity contribution in [3.63, 3.8) is 0 Å². The molecule has 2 heterocycles. The topological polar surface area (TPSA) is 72.4 Å². The molecule has 0 aliphatic carbocycles. The number of benzene rings is 2. The SMILES string of the molecule is CCc1ccc(N[C@@H]2NC(=O)/C(=C/c3cc(C)n(-c4cccc(C(=O)OC)c4C)c3C)S2)cc1. The van der Waals surface area contributed by atoms with Crippen molar-refractivity contribution in [1.29, 1.82) is 0 Å². The van der Waals surface area contributed by atoms with Crippen LogP contribution in [0, 0.1) is 20.8 Å². The van der Waals surface area contributed by atoms with Gasteiger partial charge in [-0.3, -0.25) is 4.79 Å². The number of carbonyl (C=O) groups is 2. The second-order valence-corrected chi connectivity index (χ2v) is 9.42. The number of carbonyl (C=O) groups excluding carboxylic acids is 2. The molecule has 0 radical (unpaired) electrons. The Balaban J connectivity index is 1.59. The van der Waals surface area contributed by atoms with Crippen LogP contribution in [-0.4, -0.2) is 29.1 Å².